The standard InChI is InChI=1S/C34H31ClN4O3S/c1-5-42-33(41)30-21(2)36-34-39(31(30)22-14-16-25(17-15-22)37(3)4)32(40)29(43-34)18-24-20-38(28-13-9-7-11-26(24)28)19-23-10-6-8-12-27(23)35/h6-18,20,31H,5,19H2,1-4H3/b29-18-/t31-/m1/s1. The molecule has 1 atom stereocenters. The van der Waals surface area contributed by atoms with Crippen LogP contribution in [0.25, 0.3) is 17.0 Å². The first-order valence-electron chi connectivity index (χ1n) is 14.0. The van der Waals surface area contributed by atoms with Gasteiger partial charge in [-0.25, -0.2) is 9.79 Å². The number of aromatic nitrogens is 2. The highest BCUT2D eigenvalue weighted by molar-refractivity contribution is 7.07. The lowest BCUT2D eigenvalue weighted by molar-refractivity contribution is -0.139. The minimum atomic E-state index is -0.657. The molecule has 2 aromatic heterocycles. The molecule has 0 unspecified atom stereocenters. The molecule has 0 N–H and O–H groups in total. The van der Waals surface area contributed by atoms with Crippen LogP contribution in [-0.4, -0.2) is 35.8 Å². The zero-order chi connectivity index (χ0) is 30.2. The van der Waals surface area contributed by atoms with E-state index < -0.39 is 12.0 Å². The molecule has 218 valence electrons. The van der Waals surface area contributed by atoms with E-state index in [1.807, 2.05) is 85.7 Å². The van der Waals surface area contributed by atoms with Gasteiger partial charge in [-0.05, 0) is 55.3 Å². The zero-order valence-corrected chi connectivity index (χ0v) is 25.9. The Morgan fingerprint density at radius 2 is 1.79 bits per heavy atom. The molecule has 6 rings (SSSR count). The third kappa shape index (κ3) is 5.32. The summed E-state index contributed by atoms with van der Waals surface area (Å²) in [5.74, 6) is -0.470. The molecule has 43 heavy (non-hydrogen) atoms. The highest BCUT2D eigenvalue weighted by Gasteiger charge is 2.33. The third-order valence-corrected chi connectivity index (χ3v) is 9.00. The summed E-state index contributed by atoms with van der Waals surface area (Å²) in [6.45, 7) is 4.39. The first-order valence-corrected chi connectivity index (χ1v) is 15.2. The van der Waals surface area contributed by atoms with Gasteiger partial charge in [0.25, 0.3) is 5.56 Å². The summed E-state index contributed by atoms with van der Waals surface area (Å²) in [6.07, 6.45) is 3.98. The van der Waals surface area contributed by atoms with Crippen molar-refractivity contribution in [3.8, 4) is 0 Å². The molecule has 1 aliphatic heterocycles. The lowest BCUT2D eigenvalue weighted by Gasteiger charge is -2.25. The molecule has 3 heterocycles. The number of para-hydroxylation sites is 1. The molecule has 0 spiro atoms. The summed E-state index contributed by atoms with van der Waals surface area (Å²) < 4.78 is 9.75. The Morgan fingerprint density at radius 3 is 2.51 bits per heavy atom. The number of carbonyl (C=O) groups excluding carboxylic acids is 1. The number of rotatable bonds is 7. The molecule has 0 saturated carbocycles. The Morgan fingerprint density at radius 1 is 1.07 bits per heavy atom. The normalized spacial score (nSPS) is 15.0. The molecule has 0 aliphatic carbocycles. The topological polar surface area (TPSA) is 68.8 Å². The minimum Gasteiger partial charge on any atom is -0.463 e. The fourth-order valence-electron chi connectivity index (χ4n) is 5.53. The van der Waals surface area contributed by atoms with Gasteiger partial charge in [0.2, 0.25) is 0 Å². The smallest absolute Gasteiger partial charge is 0.338 e. The van der Waals surface area contributed by atoms with Crippen LogP contribution in [-0.2, 0) is 16.1 Å². The predicted molar refractivity (Wildman–Crippen MR) is 174 cm³/mol. The van der Waals surface area contributed by atoms with Gasteiger partial charge < -0.3 is 14.2 Å². The van der Waals surface area contributed by atoms with E-state index in [9.17, 15) is 9.59 Å². The Kier molecular flexibility index (Phi) is 7.81. The van der Waals surface area contributed by atoms with Crippen molar-refractivity contribution in [1.29, 1.82) is 0 Å². The number of nitrogens with zero attached hydrogens (tertiary/aromatic N) is 4. The first kappa shape index (κ1) is 28.7. The van der Waals surface area contributed by atoms with Gasteiger partial charge in [0.05, 0.1) is 28.5 Å². The van der Waals surface area contributed by atoms with Crippen LogP contribution in [0.1, 0.15) is 36.6 Å². The van der Waals surface area contributed by atoms with Gasteiger partial charge in [-0.15, -0.1) is 0 Å². The summed E-state index contributed by atoms with van der Waals surface area (Å²) in [6, 6.07) is 23.1. The second-order valence-electron chi connectivity index (χ2n) is 10.6. The predicted octanol–water partition coefficient (Wildman–Crippen LogP) is 5.52. The number of carbonyl (C=O) groups is 1. The van der Waals surface area contributed by atoms with Gasteiger partial charge in [0, 0.05) is 54.0 Å². The van der Waals surface area contributed by atoms with Crippen LogP contribution in [0.5, 0.6) is 0 Å². The highest BCUT2D eigenvalue weighted by Crippen LogP contribution is 2.32. The van der Waals surface area contributed by atoms with Gasteiger partial charge >= 0.3 is 5.97 Å². The van der Waals surface area contributed by atoms with Crippen LogP contribution in [0.3, 0.4) is 0 Å². The maximum absolute atomic E-state index is 14.2. The van der Waals surface area contributed by atoms with E-state index in [1.54, 1.807) is 18.4 Å². The lowest BCUT2D eigenvalue weighted by Crippen LogP contribution is -2.39. The first-order chi connectivity index (χ1) is 20.8. The molecule has 5 aromatic rings. The molecule has 1 aliphatic rings. The number of esters is 1. The Bertz CT molecular complexity index is 2070. The molecule has 9 heteroatoms. The molecule has 3 aromatic carbocycles. The number of benzene rings is 3. The molecule has 0 amide bonds. The number of hydrogen-bond donors (Lipinski definition) is 0. The Hall–Kier alpha value is -4.40. The van der Waals surface area contributed by atoms with Crippen LogP contribution in [0.2, 0.25) is 5.02 Å². The Balaban J connectivity index is 1.51. The summed E-state index contributed by atoms with van der Waals surface area (Å²) in [4.78, 5) is 34.7. The van der Waals surface area contributed by atoms with Crippen molar-refractivity contribution in [3.63, 3.8) is 0 Å². The van der Waals surface area contributed by atoms with E-state index in [4.69, 9.17) is 21.3 Å². The lowest BCUT2D eigenvalue weighted by atomic mass is 9.95. The maximum atomic E-state index is 14.2. The van der Waals surface area contributed by atoms with Crippen LogP contribution < -0.4 is 19.8 Å². The van der Waals surface area contributed by atoms with Crippen molar-refractivity contribution < 1.29 is 9.53 Å². The van der Waals surface area contributed by atoms with Crippen LogP contribution >= 0.6 is 22.9 Å². The number of fused-ring (bicyclic) bond motifs is 2. The average molecular weight is 611 g/mol. The second kappa shape index (κ2) is 11.7. The molecular formula is C34H31ClN4O3S. The van der Waals surface area contributed by atoms with Gasteiger partial charge in [0.1, 0.15) is 0 Å². The van der Waals surface area contributed by atoms with Crippen LogP contribution in [0, 0.1) is 0 Å². The summed E-state index contributed by atoms with van der Waals surface area (Å²) in [5.41, 5.74) is 5.51. The fraction of sp³-hybridized carbons (Fsp3) is 0.206. The summed E-state index contributed by atoms with van der Waals surface area (Å²) in [7, 11) is 3.94. The van der Waals surface area contributed by atoms with E-state index in [-0.39, 0.29) is 12.2 Å². The van der Waals surface area contributed by atoms with Gasteiger partial charge in [-0.3, -0.25) is 9.36 Å². The van der Waals surface area contributed by atoms with E-state index in [0.717, 1.165) is 33.3 Å². The average Bonchev–Trinajstić information content (AvgIpc) is 3.50. The van der Waals surface area contributed by atoms with Crippen molar-refractivity contribution in [2.24, 2.45) is 4.99 Å². The number of anilines is 1. The molecule has 7 nitrogen and oxygen atoms in total. The van der Waals surface area contributed by atoms with Crippen molar-refractivity contribution in [2.45, 2.75) is 26.4 Å². The number of thiazole rings is 1. The van der Waals surface area contributed by atoms with E-state index >= 15 is 0 Å². The molecule has 0 bridgehead atoms. The molecule has 0 saturated heterocycles. The van der Waals surface area contributed by atoms with Gasteiger partial charge in [-0.1, -0.05) is 71.5 Å². The third-order valence-electron chi connectivity index (χ3n) is 7.65. The fourth-order valence-corrected chi connectivity index (χ4v) is 6.77. The second-order valence-corrected chi connectivity index (χ2v) is 12.0. The van der Waals surface area contributed by atoms with Crippen molar-refractivity contribution >= 4 is 51.6 Å². The van der Waals surface area contributed by atoms with E-state index in [2.05, 4.69) is 22.9 Å². The van der Waals surface area contributed by atoms with Crippen molar-refractivity contribution in [1.82, 2.24) is 9.13 Å². The van der Waals surface area contributed by atoms with Crippen molar-refractivity contribution in [2.75, 3.05) is 25.6 Å². The quantitative estimate of drug-likeness (QED) is 0.228. The van der Waals surface area contributed by atoms with E-state index in [0.29, 0.717) is 32.2 Å². The Labute approximate surface area is 258 Å². The SMILES string of the molecule is CCOC(=O)C1=C(C)N=c2s/c(=C\c3cn(Cc4ccccc4Cl)c4ccccc34)c(=O)n2[C@@H]1c1ccc(N(C)C)cc1. The van der Waals surface area contributed by atoms with Crippen LogP contribution in [0.4, 0.5) is 5.69 Å². The number of ether oxygens (including phenoxy) is 1. The van der Waals surface area contributed by atoms with Crippen molar-refractivity contribution in [3.05, 3.63) is 132 Å². The summed E-state index contributed by atoms with van der Waals surface area (Å²) in [5, 5.41) is 1.74. The molecular weight excluding hydrogens is 580 g/mol. The molecule has 0 radical (unpaired) electrons. The molecule has 0 fully saturated rings. The number of halogens is 1. The largest absolute Gasteiger partial charge is 0.463 e. The number of allylic oxidation sites excluding steroid dienone is 1. The minimum absolute atomic E-state index is 0.206. The monoisotopic (exact) mass is 610 g/mol. The van der Waals surface area contributed by atoms with Gasteiger partial charge in [0.15, 0.2) is 4.80 Å². The zero-order valence-electron chi connectivity index (χ0n) is 24.4. The summed E-state index contributed by atoms with van der Waals surface area (Å²) >= 11 is 7.80. The van der Waals surface area contributed by atoms with E-state index in [1.165, 1.54) is 11.3 Å². The maximum Gasteiger partial charge on any atom is 0.338 e. The van der Waals surface area contributed by atoms with Gasteiger partial charge in [-0.2, -0.15) is 0 Å². The highest BCUT2D eigenvalue weighted by atomic mass is 35.5. The van der Waals surface area contributed by atoms with Crippen LogP contribution in [0.15, 0.2) is 100 Å². The number of hydrogen-bond acceptors (Lipinski definition) is 6.